The SMILES string of the molecule is CCCCCN(C)C(CN)c1cnn(CCC)c1. The first-order valence-electron chi connectivity index (χ1n) is 7.15. The third-order valence-corrected chi connectivity index (χ3v) is 3.36. The third-order valence-electron chi connectivity index (χ3n) is 3.36. The van der Waals surface area contributed by atoms with Gasteiger partial charge in [-0.2, -0.15) is 5.10 Å². The number of rotatable bonds is 9. The molecular weight excluding hydrogens is 224 g/mol. The lowest BCUT2D eigenvalue weighted by Gasteiger charge is -2.26. The van der Waals surface area contributed by atoms with Crippen LogP contribution in [0.15, 0.2) is 12.4 Å². The van der Waals surface area contributed by atoms with E-state index in [1.165, 1.54) is 24.8 Å². The first kappa shape index (κ1) is 15.2. The molecule has 0 fully saturated rings. The zero-order valence-corrected chi connectivity index (χ0v) is 12.1. The van der Waals surface area contributed by atoms with Gasteiger partial charge in [0.2, 0.25) is 0 Å². The van der Waals surface area contributed by atoms with Gasteiger partial charge in [-0.15, -0.1) is 0 Å². The lowest BCUT2D eigenvalue weighted by Crippen LogP contribution is -2.31. The van der Waals surface area contributed by atoms with Crippen LogP contribution < -0.4 is 5.73 Å². The molecule has 0 radical (unpaired) electrons. The van der Waals surface area contributed by atoms with Crippen LogP contribution in [0.2, 0.25) is 0 Å². The summed E-state index contributed by atoms with van der Waals surface area (Å²) in [7, 11) is 2.16. The summed E-state index contributed by atoms with van der Waals surface area (Å²) in [5.74, 6) is 0. The van der Waals surface area contributed by atoms with Gasteiger partial charge in [0.1, 0.15) is 0 Å². The van der Waals surface area contributed by atoms with E-state index in [-0.39, 0.29) is 0 Å². The van der Waals surface area contributed by atoms with E-state index >= 15 is 0 Å². The highest BCUT2D eigenvalue weighted by atomic mass is 15.3. The number of aryl methyl sites for hydroxylation is 1. The van der Waals surface area contributed by atoms with Crippen molar-refractivity contribution in [2.24, 2.45) is 5.73 Å². The normalized spacial score (nSPS) is 13.2. The Hall–Kier alpha value is -0.870. The summed E-state index contributed by atoms with van der Waals surface area (Å²) < 4.78 is 2.01. The molecule has 18 heavy (non-hydrogen) atoms. The van der Waals surface area contributed by atoms with Gasteiger partial charge in [-0.05, 0) is 26.4 Å². The molecule has 1 rings (SSSR count). The minimum atomic E-state index is 0.299. The molecular formula is C14H28N4. The van der Waals surface area contributed by atoms with Gasteiger partial charge in [0, 0.05) is 30.9 Å². The third kappa shape index (κ3) is 4.42. The van der Waals surface area contributed by atoms with Crippen LogP contribution in [0.5, 0.6) is 0 Å². The average molecular weight is 252 g/mol. The Kier molecular flexibility index (Phi) is 6.98. The fourth-order valence-electron chi connectivity index (χ4n) is 2.24. The molecule has 1 atom stereocenters. The Morgan fingerprint density at radius 2 is 2.11 bits per heavy atom. The van der Waals surface area contributed by atoms with E-state index in [9.17, 15) is 0 Å². The van der Waals surface area contributed by atoms with Crippen molar-refractivity contribution in [2.45, 2.75) is 52.1 Å². The molecule has 1 aromatic heterocycles. The highest BCUT2D eigenvalue weighted by Gasteiger charge is 2.16. The van der Waals surface area contributed by atoms with Crippen molar-refractivity contribution in [3.63, 3.8) is 0 Å². The fraction of sp³-hybridized carbons (Fsp3) is 0.786. The molecule has 1 unspecified atom stereocenters. The second-order valence-corrected chi connectivity index (χ2v) is 4.98. The molecule has 1 aromatic rings. The maximum Gasteiger partial charge on any atom is 0.0538 e. The van der Waals surface area contributed by atoms with Crippen LogP contribution in [0.1, 0.15) is 51.1 Å². The Labute approximate surface area is 111 Å². The maximum absolute atomic E-state index is 5.91. The highest BCUT2D eigenvalue weighted by Crippen LogP contribution is 2.18. The molecule has 0 aliphatic heterocycles. The van der Waals surface area contributed by atoms with E-state index in [1.54, 1.807) is 0 Å². The molecule has 104 valence electrons. The molecule has 0 aliphatic carbocycles. The number of nitrogens with two attached hydrogens (primary N) is 1. The number of aromatic nitrogens is 2. The van der Waals surface area contributed by atoms with Crippen LogP contribution in [0.3, 0.4) is 0 Å². The number of hydrogen-bond donors (Lipinski definition) is 1. The van der Waals surface area contributed by atoms with Crippen molar-refractivity contribution < 1.29 is 0 Å². The minimum Gasteiger partial charge on any atom is -0.329 e. The highest BCUT2D eigenvalue weighted by molar-refractivity contribution is 5.11. The van der Waals surface area contributed by atoms with Gasteiger partial charge in [0.25, 0.3) is 0 Å². The lowest BCUT2D eigenvalue weighted by atomic mass is 10.1. The van der Waals surface area contributed by atoms with Gasteiger partial charge in [-0.3, -0.25) is 9.58 Å². The zero-order chi connectivity index (χ0) is 13.4. The van der Waals surface area contributed by atoms with Gasteiger partial charge in [-0.1, -0.05) is 26.7 Å². The van der Waals surface area contributed by atoms with Crippen LogP contribution >= 0.6 is 0 Å². The molecule has 4 heteroatoms. The van der Waals surface area contributed by atoms with Crippen LogP contribution in [0.4, 0.5) is 0 Å². The van der Waals surface area contributed by atoms with Gasteiger partial charge in [0.05, 0.1) is 6.20 Å². The van der Waals surface area contributed by atoms with Crippen LogP contribution in [-0.2, 0) is 6.54 Å². The summed E-state index contributed by atoms with van der Waals surface area (Å²) in [5, 5.41) is 4.39. The summed E-state index contributed by atoms with van der Waals surface area (Å²) in [6, 6.07) is 0.299. The van der Waals surface area contributed by atoms with E-state index < -0.39 is 0 Å². The van der Waals surface area contributed by atoms with Gasteiger partial charge in [0.15, 0.2) is 0 Å². The standard InChI is InChI=1S/C14H28N4/c1-4-6-7-9-17(3)14(10-15)13-11-16-18(12-13)8-5-2/h11-12,14H,4-10,15H2,1-3H3. The summed E-state index contributed by atoms with van der Waals surface area (Å²) in [5.41, 5.74) is 7.16. The number of hydrogen-bond acceptors (Lipinski definition) is 3. The van der Waals surface area contributed by atoms with Gasteiger partial charge in [-0.25, -0.2) is 0 Å². The minimum absolute atomic E-state index is 0.299. The summed E-state index contributed by atoms with van der Waals surface area (Å²) in [4.78, 5) is 2.35. The monoisotopic (exact) mass is 252 g/mol. The molecule has 1 heterocycles. The first-order valence-corrected chi connectivity index (χ1v) is 7.15. The van der Waals surface area contributed by atoms with E-state index in [0.29, 0.717) is 12.6 Å². The molecule has 2 N–H and O–H groups in total. The van der Waals surface area contributed by atoms with E-state index in [4.69, 9.17) is 5.73 Å². The predicted molar refractivity (Wildman–Crippen MR) is 76.5 cm³/mol. The second kappa shape index (κ2) is 8.27. The number of likely N-dealkylation sites (N-methyl/N-ethyl adjacent to an activating group) is 1. The van der Waals surface area contributed by atoms with Crippen LogP contribution in [0.25, 0.3) is 0 Å². The van der Waals surface area contributed by atoms with E-state index in [0.717, 1.165) is 19.5 Å². The maximum atomic E-state index is 5.91. The van der Waals surface area contributed by atoms with Crippen molar-refractivity contribution in [1.29, 1.82) is 0 Å². The smallest absolute Gasteiger partial charge is 0.0538 e. The molecule has 0 aliphatic rings. The van der Waals surface area contributed by atoms with Gasteiger partial charge >= 0.3 is 0 Å². The Morgan fingerprint density at radius 3 is 2.72 bits per heavy atom. The molecule has 0 bridgehead atoms. The van der Waals surface area contributed by atoms with Crippen molar-refractivity contribution in [1.82, 2.24) is 14.7 Å². The van der Waals surface area contributed by atoms with Crippen molar-refractivity contribution in [3.8, 4) is 0 Å². The number of unbranched alkanes of at least 4 members (excludes halogenated alkanes) is 2. The molecule has 0 spiro atoms. The van der Waals surface area contributed by atoms with Crippen LogP contribution in [0, 0.1) is 0 Å². The lowest BCUT2D eigenvalue weighted by molar-refractivity contribution is 0.245. The topological polar surface area (TPSA) is 47.1 Å². The first-order chi connectivity index (χ1) is 8.72. The number of nitrogens with zero attached hydrogens (tertiary/aromatic N) is 3. The van der Waals surface area contributed by atoms with E-state index in [1.807, 2.05) is 10.9 Å². The zero-order valence-electron chi connectivity index (χ0n) is 12.1. The van der Waals surface area contributed by atoms with Crippen molar-refractivity contribution in [2.75, 3.05) is 20.1 Å². The largest absolute Gasteiger partial charge is 0.329 e. The fourth-order valence-corrected chi connectivity index (χ4v) is 2.24. The second-order valence-electron chi connectivity index (χ2n) is 4.98. The molecule has 4 nitrogen and oxygen atoms in total. The Bertz CT molecular complexity index is 321. The van der Waals surface area contributed by atoms with Crippen molar-refractivity contribution in [3.05, 3.63) is 18.0 Å². The predicted octanol–water partition coefficient (Wildman–Crippen LogP) is 2.41. The van der Waals surface area contributed by atoms with Crippen LogP contribution in [-0.4, -0.2) is 34.8 Å². The van der Waals surface area contributed by atoms with E-state index in [2.05, 4.69) is 37.1 Å². The molecule has 0 amide bonds. The van der Waals surface area contributed by atoms with Gasteiger partial charge < -0.3 is 5.73 Å². The molecule has 0 saturated carbocycles. The Balaban J connectivity index is 2.57. The van der Waals surface area contributed by atoms with Crippen molar-refractivity contribution >= 4 is 0 Å². The summed E-state index contributed by atoms with van der Waals surface area (Å²) >= 11 is 0. The molecule has 0 aromatic carbocycles. The summed E-state index contributed by atoms with van der Waals surface area (Å²) in [6.07, 6.45) is 9.00. The summed E-state index contributed by atoms with van der Waals surface area (Å²) in [6.45, 7) is 7.14. The quantitative estimate of drug-likeness (QED) is 0.687. The average Bonchev–Trinajstić information content (AvgIpc) is 2.79. The Morgan fingerprint density at radius 1 is 1.33 bits per heavy atom. The molecule has 0 saturated heterocycles.